The van der Waals surface area contributed by atoms with E-state index >= 15 is 0 Å². The van der Waals surface area contributed by atoms with Crippen LogP contribution in [0.25, 0.3) is 11.5 Å². The Kier molecular flexibility index (Phi) is 4.19. The number of pyridine rings is 1. The van der Waals surface area contributed by atoms with Crippen molar-refractivity contribution in [2.24, 2.45) is 0 Å². The third-order valence-corrected chi connectivity index (χ3v) is 3.68. The number of nitrogens with zero attached hydrogens (tertiary/aromatic N) is 3. The van der Waals surface area contributed by atoms with Gasteiger partial charge in [0.05, 0.1) is 11.1 Å². The van der Waals surface area contributed by atoms with Gasteiger partial charge in [-0.05, 0) is 26.0 Å². The molecule has 3 aromatic heterocycles. The van der Waals surface area contributed by atoms with Crippen molar-refractivity contribution in [3.63, 3.8) is 0 Å². The molecule has 0 aliphatic rings. The van der Waals surface area contributed by atoms with E-state index in [1.807, 2.05) is 0 Å². The molecule has 0 atom stereocenters. The fraction of sp³-hybridized carbons (Fsp3) is 0.267. The van der Waals surface area contributed by atoms with E-state index in [0.717, 1.165) is 4.57 Å². The SMILES string of the molecule is Cc1cc(-c2nnc(Cn3cc(C(F)(F)F)cc(Cl)c3=O)o2)c(C)o1. The van der Waals surface area contributed by atoms with Gasteiger partial charge in [0.2, 0.25) is 5.89 Å². The molecule has 0 aromatic carbocycles. The average molecular weight is 374 g/mol. The molecule has 0 fully saturated rings. The smallest absolute Gasteiger partial charge is 0.417 e. The Morgan fingerprint density at radius 2 is 1.92 bits per heavy atom. The van der Waals surface area contributed by atoms with Gasteiger partial charge in [0.1, 0.15) is 23.1 Å². The van der Waals surface area contributed by atoms with Crippen LogP contribution in [-0.2, 0) is 12.7 Å². The molecule has 0 aliphatic carbocycles. The first kappa shape index (κ1) is 17.3. The quantitative estimate of drug-likeness (QED) is 0.697. The number of hydrogen-bond acceptors (Lipinski definition) is 5. The maximum atomic E-state index is 12.9. The molecule has 0 radical (unpaired) electrons. The van der Waals surface area contributed by atoms with E-state index in [2.05, 4.69) is 10.2 Å². The minimum Gasteiger partial charge on any atom is -0.466 e. The fourth-order valence-electron chi connectivity index (χ4n) is 2.29. The highest BCUT2D eigenvalue weighted by Crippen LogP contribution is 2.30. The second kappa shape index (κ2) is 6.07. The second-order valence-electron chi connectivity index (χ2n) is 5.34. The maximum absolute atomic E-state index is 12.9. The van der Waals surface area contributed by atoms with Crippen molar-refractivity contribution in [1.82, 2.24) is 14.8 Å². The molecular weight excluding hydrogens is 363 g/mol. The van der Waals surface area contributed by atoms with Crippen molar-refractivity contribution in [2.75, 3.05) is 0 Å². The summed E-state index contributed by atoms with van der Waals surface area (Å²) >= 11 is 5.60. The molecular formula is C15H11ClF3N3O3. The molecule has 6 nitrogen and oxygen atoms in total. The number of rotatable bonds is 3. The number of alkyl halides is 3. The molecule has 0 bridgehead atoms. The van der Waals surface area contributed by atoms with Crippen LogP contribution in [0.3, 0.4) is 0 Å². The lowest BCUT2D eigenvalue weighted by atomic mass is 10.2. The lowest BCUT2D eigenvalue weighted by Gasteiger charge is -2.10. The Bertz CT molecular complexity index is 988. The standard InChI is InChI=1S/C15H11ClF3N3O3/c1-7-3-10(8(2)24-7)13-21-20-12(25-13)6-22-5-9(15(17,18)19)4-11(16)14(22)23/h3-5H,6H2,1-2H3. The molecule has 3 rings (SSSR count). The molecule has 0 spiro atoms. The van der Waals surface area contributed by atoms with Gasteiger partial charge < -0.3 is 13.4 Å². The lowest BCUT2D eigenvalue weighted by molar-refractivity contribution is -0.138. The van der Waals surface area contributed by atoms with Crippen LogP contribution in [0.15, 0.2) is 32.0 Å². The van der Waals surface area contributed by atoms with Gasteiger partial charge in [-0.2, -0.15) is 13.2 Å². The Labute approximate surface area is 143 Å². The van der Waals surface area contributed by atoms with E-state index < -0.39 is 22.3 Å². The highest BCUT2D eigenvalue weighted by atomic mass is 35.5. The summed E-state index contributed by atoms with van der Waals surface area (Å²) in [6.07, 6.45) is -3.98. The molecule has 0 unspecified atom stereocenters. The molecule has 0 amide bonds. The van der Waals surface area contributed by atoms with Crippen LogP contribution in [0.1, 0.15) is 23.0 Å². The summed E-state index contributed by atoms with van der Waals surface area (Å²) in [5.74, 6) is 1.32. The van der Waals surface area contributed by atoms with Gasteiger partial charge in [-0.15, -0.1) is 10.2 Å². The fourth-order valence-corrected chi connectivity index (χ4v) is 2.51. The van der Waals surface area contributed by atoms with Crippen molar-refractivity contribution in [3.8, 4) is 11.5 Å². The van der Waals surface area contributed by atoms with Gasteiger partial charge in [0.25, 0.3) is 11.4 Å². The summed E-state index contributed by atoms with van der Waals surface area (Å²) in [4.78, 5) is 11.9. The predicted octanol–water partition coefficient (Wildman–Crippen LogP) is 3.83. The van der Waals surface area contributed by atoms with Crippen molar-refractivity contribution in [3.05, 3.63) is 56.7 Å². The summed E-state index contributed by atoms with van der Waals surface area (Å²) in [7, 11) is 0. The highest BCUT2D eigenvalue weighted by molar-refractivity contribution is 6.30. The lowest BCUT2D eigenvalue weighted by Crippen LogP contribution is -2.23. The Hall–Kier alpha value is -2.55. The first-order valence-electron chi connectivity index (χ1n) is 7.02. The topological polar surface area (TPSA) is 74.1 Å². The van der Waals surface area contributed by atoms with Crippen LogP contribution in [0.2, 0.25) is 5.02 Å². The van der Waals surface area contributed by atoms with E-state index in [1.165, 1.54) is 0 Å². The summed E-state index contributed by atoms with van der Waals surface area (Å²) in [6, 6.07) is 2.27. The summed E-state index contributed by atoms with van der Waals surface area (Å²) in [5.41, 5.74) is -1.26. The highest BCUT2D eigenvalue weighted by Gasteiger charge is 2.32. The molecule has 0 aliphatic heterocycles. The predicted molar refractivity (Wildman–Crippen MR) is 81.3 cm³/mol. The van der Waals surface area contributed by atoms with E-state index in [0.29, 0.717) is 29.3 Å². The molecule has 3 heterocycles. The van der Waals surface area contributed by atoms with E-state index in [4.69, 9.17) is 20.4 Å². The molecule has 25 heavy (non-hydrogen) atoms. The number of furan rings is 1. The van der Waals surface area contributed by atoms with Crippen molar-refractivity contribution < 1.29 is 22.0 Å². The van der Waals surface area contributed by atoms with Gasteiger partial charge in [0, 0.05) is 6.20 Å². The number of halogens is 4. The van der Waals surface area contributed by atoms with Gasteiger partial charge >= 0.3 is 6.18 Å². The monoisotopic (exact) mass is 373 g/mol. The Morgan fingerprint density at radius 3 is 2.52 bits per heavy atom. The van der Waals surface area contributed by atoms with E-state index in [9.17, 15) is 18.0 Å². The van der Waals surface area contributed by atoms with Gasteiger partial charge in [-0.25, -0.2) is 0 Å². The van der Waals surface area contributed by atoms with Crippen LogP contribution >= 0.6 is 11.6 Å². The summed E-state index contributed by atoms with van der Waals surface area (Å²) < 4.78 is 50.1. The van der Waals surface area contributed by atoms with E-state index in [1.54, 1.807) is 19.9 Å². The van der Waals surface area contributed by atoms with Gasteiger partial charge in [-0.1, -0.05) is 11.6 Å². The van der Waals surface area contributed by atoms with Gasteiger partial charge in [-0.3, -0.25) is 4.79 Å². The van der Waals surface area contributed by atoms with Crippen LogP contribution in [0, 0.1) is 13.8 Å². The Morgan fingerprint density at radius 1 is 1.20 bits per heavy atom. The minimum atomic E-state index is -4.63. The zero-order valence-corrected chi connectivity index (χ0v) is 13.8. The summed E-state index contributed by atoms with van der Waals surface area (Å²) in [6.45, 7) is 3.12. The van der Waals surface area contributed by atoms with Crippen LogP contribution in [-0.4, -0.2) is 14.8 Å². The van der Waals surface area contributed by atoms with Crippen molar-refractivity contribution in [1.29, 1.82) is 0 Å². The molecule has 0 saturated heterocycles. The van der Waals surface area contributed by atoms with Crippen molar-refractivity contribution in [2.45, 2.75) is 26.6 Å². The molecule has 10 heteroatoms. The van der Waals surface area contributed by atoms with Crippen molar-refractivity contribution >= 4 is 11.6 Å². The molecule has 3 aromatic rings. The van der Waals surface area contributed by atoms with Crippen LogP contribution in [0.5, 0.6) is 0 Å². The average Bonchev–Trinajstić information content (AvgIpc) is 3.08. The zero-order chi connectivity index (χ0) is 18.4. The van der Waals surface area contributed by atoms with E-state index in [-0.39, 0.29) is 18.3 Å². The van der Waals surface area contributed by atoms with Crippen LogP contribution < -0.4 is 5.56 Å². The molecule has 132 valence electrons. The van der Waals surface area contributed by atoms with Crippen LogP contribution in [0.4, 0.5) is 13.2 Å². The third kappa shape index (κ3) is 3.46. The first-order chi connectivity index (χ1) is 11.6. The zero-order valence-electron chi connectivity index (χ0n) is 13.0. The number of aromatic nitrogens is 3. The maximum Gasteiger partial charge on any atom is 0.417 e. The minimum absolute atomic E-state index is 0.0363. The normalized spacial score (nSPS) is 11.9. The number of aryl methyl sites for hydroxylation is 2. The van der Waals surface area contributed by atoms with Gasteiger partial charge in [0.15, 0.2) is 0 Å². The molecule has 0 saturated carbocycles. The largest absolute Gasteiger partial charge is 0.466 e. The Balaban J connectivity index is 1.95. The number of hydrogen-bond donors (Lipinski definition) is 0. The summed E-state index contributed by atoms with van der Waals surface area (Å²) in [5, 5.41) is 7.05. The molecule has 0 N–H and O–H groups in total. The first-order valence-corrected chi connectivity index (χ1v) is 7.40. The second-order valence-corrected chi connectivity index (χ2v) is 5.74. The third-order valence-electron chi connectivity index (χ3n) is 3.41.